The molecule has 1 N–H and O–H groups in total. The maximum atomic E-state index is 12.5. The lowest BCUT2D eigenvalue weighted by Crippen LogP contribution is -2.18. The van der Waals surface area contributed by atoms with Crippen LogP contribution >= 0.6 is 0 Å². The minimum Gasteiger partial charge on any atom is -0.506 e. The van der Waals surface area contributed by atoms with E-state index in [1.54, 1.807) is 18.2 Å². The van der Waals surface area contributed by atoms with E-state index in [4.69, 9.17) is 0 Å². The van der Waals surface area contributed by atoms with Gasteiger partial charge in [-0.1, -0.05) is 30.3 Å². The molecule has 0 saturated heterocycles. The number of hydrogen-bond acceptors (Lipinski definition) is 4. The molecule has 0 fully saturated rings. The van der Waals surface area contributed by atoms with Crippen LogP contribution in [0.15, 0.2) is 42.5 Å². The Kier molecular flexibility index (Phi) is 2.15. The van der Waals surface area contributed by atoms with Gasteiger partial charge in [0.15, 0.2) is 0 Å². The second-order valence-electron chi connectivity index (χ2n) is 4.83. The third-order valence-electron chi connectivity index (χ3n) is 3.58. The van der Waals surface area contributed by atoms with Crippen molar-refractivity contribution < 1.29 is 9.90 Å². The van der Waals surface area contributed by atoms with Gasteiger partial charge in [0, 0.05) is 12.0 Å². The number of hydrogen-bond donors (Lipinski definition) is 1. The average Bonchev–Trinajstić information content (AvgIpc) is 2.47. The molecule has 4 heteroatoms. The molecule has 2 aromatic carbocycles. The van der Waals surface area contributed by atoms with E-state index in [-0.39, 0.29) is 11.5 Å². The average molecular weight is 262 g/mol. The van der Waals surface area contributed by atoms with Crippen LogP contribution in [0, 0.1) is 0 Å². The molecule has 0 spiro atoms. The van der Waals surface area contributed by atoms with Crippen molar-refractivity contribution in [2.45, 2.75) is 6.42 Å². The highest BCUT2D eigenvalue weighted by Gasteiger charge is 2.26. The Bertz CT molecular complexity index is 871. The van der Waals surface area contributed by atoms with Crippen molar-refractivity contribution >= 4 is 16.8 Å². The second kappa shape index (κ2) is 3.87. The highest BCUT2D eigenvalue weighted by atomic mass is 16.3. The van der Waals surface area contributed by atoms with Crippen LogP contribution in [0.25, 0.3) is 11.0 Å². The summed E-state index contributed by atoms with van der Waals surface area (Å²) >= 11 is 0. The largest absolute Gasteiger partial charge is 0.506 e. The van der Waals surface area contributed by atoms with Crippen LogP contribution in [0.2, 0.25) is 0 Å². The molecule has 0 unspecified atom stereocenters. The Balaban J connectivity index is 2.02. The van der Waals surface area contributed by atoms with E-state index in [2.05, 4.69) is 9.97 Å². The van der Waals surface area contributed by atoms with Gasteiger partial charge in [0.05, 0.1) is 11.2 Å². The van der Waals surface area contributed by atoms with Crippen LogP contribution in [0.5, 0.6) is 5.75 Å². The number of para-hydroxylation sites is 1. The van der Waals surface area contributed by atoms with Crippen molar-refractivity contribution in [2.24, 2.45) is 0 Å². The summed E-state index contributed by atoms with van der Waals surface area (Å²) in [4.78, 5) is 21.3. The number of ketones is 1. The molecule has 0 saturated carbocycles. The molecule has 0 atom stereocenters. The number of carbonyl (C=O) groups excluding carboxylic acids is 1. The summed E-state index contributed by atoms with van der Waals surface area (Å²) in [5, 5.41) is 9.85. The molecule has 0 amide bonds. The van der Waals surface area contributed by atoms with Gasteiger partial charge in [0.25, 0.3) is 0 Å². The number of aromatic hydroxyl groups is 1. The summed E-state index contributed by atoms with van der Waals surface area (Å²) in [7, 11) is 0. The number of carbonyl (C=O) groups is 1. The number of phenols is 1. The van der Waals surface area contributed by atoms with E-state index in [1.807, 2.05) is 24.3 Å². The van der Waals surface area contributed by atoms with Crippen LogP contribution in [-0.2, 0) is 6.42 Å². The van der Waals surface area contributed by atoms with Crippen molar-refractivity contribution in [3.8, 4) is 5.75 Å². The van der Waals surface area contributed by atoms with Crippen LogP contribution < -0.4 is 0 Å². The fraction of sp³-hybridized carbons (Fsp3) is 0.0625. The maximum Gasteiger partial charge on any atom is 0.213 e. The molecule has 20 heavy (non-hydrogen) atoms. The SMILES string of the molecule is O=C1c2ccccc2Cc2nc3c(O)cccc3nc21. The predicted molar refractivity (Wildman–Crippen MR) is 73.9 cm³/mol. The summed E-state index contributed by atoms with van der Waals surface area (Å²) in [6, 6.07) is 12.5. The van der Waals surface area contributed by atoms with E-state index >= 15 is 0 Å². The Labute approximate surface area is 114 Å². The molecule has 1 aliphatic rings. The number of rotatable bonds is 0. The first-order chi connectivity index (χ1) is 9.74. The van der Waals surface area contributed by atoms with Crippen molar-refractivity contribution in [2.75, 3.05) is 0 Å². The zero-order valence-electron chi connectivity index (χ0n) is 10.5. The minimum atomic E-state index is -0.0976. The molecule has 4 rings (SSSR count). The summed E-state index contributed by atoms with van der Waals surface area (Å²) in [6.45, 7) is 0. The predicted octanol–water partition coefficient (Wildman–Crippen LogP) is 2.47. The summed E-state index contributed by atoms with van der Waals surface area (Å²) in [5.74, 6) is -0.0105. The van der Waals surface area contributed by atoms with Gasteiger partial charge in [-0.15, -0.1) is 0 Å². The highest BCUT2D eigenvalue weighted by molar-refractivity contribution is 6.11. The van der Waals surface area contributed by atoms with Crippen LogP contribution in [0.4, 0.5) is 0 Å². The third-order valence-corrected chi connectivity index (χ3v) is 3.58. The van der Waals surface area contributed by atoms with Gasteiger partial charge >= 0.3 is 0 Å². The third kappa shape index (κ3) is 1.45. The first-order valence-corrected chi connectivity index (χ1v) is 6.35. The molecular weight excluding hydrogens is 252 g/mol. The Morgan fingerprint density at radius 2 is 1.85 bits per heavy atom. The van der Waals surface area contributed by atoms with Crippen molar-refractivity contribution in [3.63, 3.8) is 0 Å². The highest BCUT2D eigenvalue weighted by Crippen LogP contribution is 2.28. The topological polar surface area (TPSA) is 63.1 Å². The monoisotopic (exact) mass is 262 g/mol. The van der Waals surface area contributed by atoms with Crippen molar-refractivity contribution in [3.05, 3.63) is 65.0 Å². The molecule has 4 nitrogen and oxygen atoms in total. The quantitative estimate of drug-likeness (QED) is 0.528. The first kappa shape index (κ1) is 11.1. The van der Waals surface area contributed by atoms with Gasteiger partial charge in [0.2, 0.25) is 5.78 Å². The molecule has 1 aromatic heterocycles. The fourth-order valence-corrected chi connectivity index (χ4v) is 2.61. The van der Waals surface area contributed by atoms with Crippen molar-refractivity contribution in [1.82, 2.24) is 9.97 Å². The van der Waals surface area contributed by atoms with E-state index in [1.165, 1.54) is 0 Å². The normalized spacial score (nSPS) is 13.1. The van der Waals surface area contributed by atoms with Gasteiger partial charge in [-0.2, -0.15) is 0 Å². The van der Waals surface area contributed by atoms with Crippen LogP contribution in [-0.4, -0.2) is 20.9 Å². The zero-order chi connectivity index (χ0) is 13.7. The standard InChI is InChI=1S/C16H10N2O2/c19-13-7-3-6-11-14(13)18-12-8-9-4-1-2-5-10(9)16(20)15(12)17-11/h1-7,19H,8H2. The first-order valence-electron chi connectivity index (χ1n) is 6.35. The Morgan fingerprint density at radius 3 is 2.75 bits per heavy atom. The van der Waals surface area contributed by atoms with Gasteiger partial charge < -0.3 is 5.11 Å². The van der Waals surface area contributed by atoms with Crippen molar-refractivity contribution in [1.29, 1.82) is 0 Å². The van der Waals surface area contributed by atoms with E-state index in [9.17, 15) is 9.90 Å². The number of benzene rings is 2. The number of nitrogens with zero attached hydrogens (tertiary/aromatic N) is 2. The van der Waals surface area contributed by atoms with Gasteiger partial charge in [0.1, 0.15) is 17.0 Å². The summed E-state index contributed by atoms with van der Waals surface area (Å²) in [6.07, 6.45) is 0.564. The molecule has 0 aliphatic heterocycles. The Morgan fingerprint density at radius 1 is 1.00 bits per heavy atom. The smallest absolute Gasteiger partial charge is 0.213 e. The molecule has 0 bridgehead atoms. The lowest BCUT2D eigenvalue weighted by atomic mass is 9.91. The van der Waals surface area contributed by atoms with Gasteiger partial charge in [-0.3, -0.25) is 4.79 Å². The second-order valence-corrected chi connectivity index (χ2v) is 4.83. The maximum absolute atomic E-state index is 12.5. The van der Waals surface area contributed by atoms with Crippen LogP contribution in [0.3, 0.4) is 0 Å². The Hall–Kier alpha value is -2.75. The van der Waals surface area contributed by atoms with Gasteiger partial charge in [-0.25, -0.2) is 9.97 Å². The molecule has 3 aromatic rings. The number of phenolic OH excluding ortho intramolecular Hbond substituents is 1. The van der Waals surface area contributed by atoms with E-state index in [0.29, 0.717) is 34.4 Å². The molecule has 96 valence electrons. The molecule has 0 radical (unpaired) electrons. The minimum absolute atomic E-state index is 0.0871. The molecular formula is C16H10N2O2. The number of fused-ring (bicyclic) bond motifs is 3. The molecule has 1 aliphatic carbocycles. The fourth-order valence-electron chi connectivity index (χ4n) is 2.61. The van der Waals surface area contributed by atoms with Crippen LogP contribution in [0.1, 0.15) is 27.3 Å². The van der Waals surface area contributed by atoms with E-state index in [0.717, 1.165) is 5.56 Å². The number of aromatic nitrogens is 2. The van der Waals surface area contributed by atoms with E-state index < -0.39 is 0 Å². The summed E-state index contributed by atoms with van der Waals surface area (Å²) < 4.78 is 0. The molecule has 1 heterocycles. The van der Waals surface area contributed by atoms with Gasteiger partial charge in [-0.05, 0) is 17.7 Å². The summed E-state index contributed by atoms with van der Waals surface area (Å²) in [5.41, 5.74) is 3.64. The zero-order valence-corrected chi connectivity index (χ0v) is 10.5. The lowest BCUT2D eigenvalue weighted by molar-refractivity contribution is 0.103. The lowest BCUT2D eigenvalue weighted by Gasteiger charge is -2.17.